The predicted molar refractivity (Wildman–Crippen MR) is 75.8 cm³/mol. The van der Waals surface area contributed by atoms with Crippen molar-refractivity contribution in [1.82, 2.24) is 14.7 Å². The summed E-state index contributed by atoms with van der Waals surface area (Å²) in [7, 11) is 1.93. The van der Waals surface area contributed by atoms with Gasteiger partial charge in [0.25, 0.3) is 0 Å². The summed E-state index contributed by atoms with van der Waals surface area (Å²) in [6.45, 7) is 6.44. The first-order valence-corrected chi connectivity index (χ1v) is 6.94. The molecule has 0 aromatic carbocycles. The van der Waals surface area contributed by atoms with Crippen LogP contribution >= 0.6 is 0 Å². The summed E-state index contributed by atoms with van der Waals surface area (Å²) in [5, 5.41) is 7.71. The lowest BCUT2D eigenvalue weighted by molar-refractivity contribution is 0.296. The molecule has 1 aromatic rings. The molecule has 0 aliphatic carbocycles. The Morgan fingerprint density at radius 3 is 2.44 bits per heavy atom. The normalized spacial score (nSPS) is 17.7. The van der Waals surface area contributed by atoms with Crippen molar-refractivity contribution in [3.63, 3.8) is 0 Å². The van der Waals surface area contributed by atoms with Gasteiger partial charge in [0.2, 0.25) is 0 Å². The first kappa shape index (κ1) is 13.2. The fraction of sp³-hybridized carbons (Fsp3) is 0.769. The fourth-order valence-corrected chi connectivity index (χ4v) is 2.58. The van der Waals surface area contributed by atoms with Gasteiger partial charge in [0.05, 0.1) is 11.4 Å². The number of nitrogens with two attached hydrogens (primary N) is 1. The third-order valence-corrected chi connectivity index (χ3v) is 3.69. The zero-order valence-electron chi connectivity index (χ0n) is 11.6. The van der Waals surface area contributed by atoms with E-state index in [1.165, 1.54) is 38.8 Å². The molecule has 102 valence electrons. The van der Waals surface area contributed by atoms with E-state index in [0.717, 1.165) is 30.3 Å². The maximum absolute atomic E-state index is 5.99. The molecule has 0 unspecified atom stereocenters. The highest BCUT2D eigenvalue weighted by Crippen LogP contribution is 2.20. The van der Waals surface area contributed by atoms with Crippen LogP contribution in [0, 0.1) is 6.92 Å². The molecule has 1 aliphatic rings. The highest BCUT2D eigenvalue weighted by atomic mass is 15.3. The highest BCUT2D eigenvalue weighted by Gasteiger charge is 2.11. The first-order chi connectivity index (χ1) is 8.68. The number of aryl methyl sites for hydroxylation is 2. The van der Waals surface area contributed by atoms with Crippen LogP contribution in [0.5, 0.6) is 0 Å². The molecule has 2 rings (SSSR count). The highest BCUT2D eigenvalue weighted by molar-refractivity contribution is 5.64. The van der Waals surface area contributed by atoms with Crippen molar-refractivity contribution < 1.29 is 0 Å². The minimum Gasteiger partial charge on any atom is -0.394 e. The number of hydrogen-bond donors (Lipinski definition) is 2. The van der Waals surface area contributed by atoms with Crippen molar-refractivity contribution in [2.75, 3.05) is 37.2 Å². The fourth-order valence-electron chi connectivity index (χ4n) is 2.58. The van der Waals surface area contributed by atoms with Gasteiger partial charge in [0.1, 0.15) is 5.82 Å². The number of nitrogen functional groups attached to an aromatic ring is 1. The molecule has 2 heterocycles. The molecule has 5 heteroatoms. The second-order valence-electron chi connectivity index (χ2n) is 5.15. The molecule has 1 aromatic heterocycles. The van der Waals surface area contributed by atoms with Crippen molar-refractivity contribution in [2.45, 2.75) is 32.6 Å². The first-order valence-electron chi connectivity index (χ1n) is 6.94. The van der Waals surface area contributed by atoms with Gasteiger partial charge in [-0.25, -0.2) is 0 Å². The van der Waals surface area contributed by atoms with Gasteiger partial charge in [0, 0.05) is 20.1 Å². The van der Waals surface area contributed by atoms with Gasteiger partial charge in [-0.3, -0.25) is 4.68 Å². The quantitative estimate of drug-likeness (QED) is 0.853. The second kappa shape index (κ2) is 6.09. The summed E-state index contributed by atoms with van der Waals surface area (Å²) in [5.74, 6) is 0.947. The molecule has 18 heavy (non-hydrogen) atoms. The van der Waals surface area contributed by atoms with Crippen LogP contribution in [-0.4, -0.2) is 40.9 Å². The summed E-state index contributed by atoms with van der Waals surface area (Å²) in [6, 6.07) is 0. The summed E-state index contributed by atoms with van der Waals surface area (Å²) in [6.07, 6.45) is 5.45. The Hall–Kier alpha value is -1.23. The van der Waals surface area contributed by atoms with Crippen LogP contribution in [0.2, 0.25) is 0 Å². The number of anilines is 2. The molecule has 1 fully saturated rings. The molecule has 0 atom stereocenters. The number of hydrogen-bond acceptors (Lipinski definition) is 4. The number of aromatic nitrogens is 2. The maximum Gasteiger partial charge on any atom is 0.147 e. The van der Waals surface area contributed by atoms with E-state index in [9.17, 15) is 0 Å². The summed E-state index contributed by atoms with van der Waals surface area (Å²) in [4.78, 5) is 2.54. The van der Waals surface area contributed by atoms with Gasteiger partial charge in [0.15, 0.2) is 0 Å². The lowest BCUT2D eigenvalue weighted by Crippen LogP contribution is -2.30. The van der Waals surface area contributed by atoms with Crippen LogP contribution in [0.4, 0.5) is 11.5 Å². The molecule has 0 amide bonds. The second-order valence-corrected chi connectivity index (χ2v) is 5.15. The third-order valence-electron chi connectivity index (χ3n) is 3.69. The molecule has 0 spiro atoms. The number of rotatable bonds is 4. The lowest BCUT2D eigenvalue weighted by atomic mass is 10.2. The van der Waals surface area contributed by atoms with Gasteiger partial charge < -0.3 is 16.0 Å². The topological polar surface area (TPSA) is 59.1 Å². The van der Waals surface area contributed by atoms with E-state index in [0.29, 0.717) is 0 Å². The van der Waals surface area contributed by atoms with Crippen molar-refractivity contribution >= 4 is 11.5 Å². The Kier molecular flexibility index (Phi) is 4.47. The smallest absolute Gasteiger partial charge is 0.147 e. The van der Waals surface area contributed by atoms with Gasteiger partial charge in [-0.05, 0) is 32.9 Å². The molecule has 1 saturated heterocycles. The van der Waals surface area contributed by atoms with E-state index in [-0.39, 0.29) is 0 Å². The van der Waals surface area contributed by atoms with Crippen molar-refractivity contribution in [2.24, 2.45) is 7.05 Å². The number of nitrogens with zero attached hydrogens (tertiary/aromatic N) is 3. The molecular formula is C13H25N5. The molecule has 1 aliphatic heterocycles. The van der Waals surface area contributed by atoms with E-state index in [2.05, 4.69) is 15.3 Å². The van der Waals surface area contributed by atoms with Crippen molar-refractivity contribution in [3.05, 3.63) is 5.69 Å². The Balaban J connectivity index is 1.80. The van der Waals surface area contributed by atoms with E-state index in [1.54, 1.807) is 0 Å². The summed E-state index contributed by atoms with van der Waals surface area (Å²) >= 11 is 0. The standard InChI is InChI=1S/C13H25N5/c1-11-12(14)13(17(2)16-11)15-7-10-18-8-5-3-4-6-9-18/h15H,3-10,14H2,1-2H3. The summed E-state index contributed by atoms with van der Waals surface area (Å²) < 4.78 is 1.83. The van der Waals surface area contributed by atoms with E-state index < -0.39 is 0 Å². The van der Waals surface area contributed by atoms with Crippen molar-refractivity contribution in [1.29, 1.82) is 0 Å². The largest absolute Gasteiger partial charge is 0.394 e. The zero-order valence-corrected chi connectivity index (χ0v) is 11.6. The molecule has 0 saturated carbocycles. The molecule has 5 nitrogen and oxygen atoms in total. The number of nitrogens with one attached hydrogen (secondary N) is 1. The van der Waals surface area contributed by atoms with Crippen LogP contribution in [0.3, 0.4) is 0 Å². The van der Waals surface area contributed by atoms with E-state index >= 15 is 0 Å². The Bertz CT molecular complexity index is 377. The zero-order chi connectivity index (χ0) is 13.0. The summed E-state index contributed by atoms with van der Waals surface area (Å²) in [5.41, 5.74) is 7.66. The molecular weight excluding hydrogens is 226 g/mol. The van der Waals surface area contributed by atoms with Crippen LogP contribution < -0.4 is 11.1 Å². The van der Waals surface area contributed by atoms with Gasteiger partial charge in [-0.1, -0.05) is 12.8 Å². The minimum atomic E-state index is 0.772. The Labute approximate surface area is 109 Å². The van der Waals surface area contributed by atoms with E-state index in [1.807, 2.05) is 18.7 Å². The lowest BCUT2D eigenvalue weighted by Gasteiger charge is -2.20. The molecule has 3 N–H and O–H groups in total. The van der Waals surface area contributed by atoms with Crippen LogP contribution in [-0.2, 0) is 7.05 Å². The van der Waals surface area contributed by atoms with Crippen LogP contribution in [0.1, 0.15) is 31.4 Å². The van der Waals surface area contributed by atoms with Gasteiger partial charge in [-0.15, -0.1) is 0 Å². The van der Waals surface area contributed by atoms with Crippen molar-refractivity contribution in [3.8, 4) is 0 Å². The predicted octanol–water partition coefficient (Wildman–Crippen LogP) is 1.60. The third kappa shape index (κ3) is 3.16. The van der Waals surface area contributed by atoms with Crippen LogP contribution in [0.15, 0.2) is 0 Å². The van der Waals surface area contributed by atoms with E-state index in [4.69, 9.17) is 5.73 Å². The molecule has 0 bridgehead atoms. The molecule has 0 radical (unpaired) electrons. The minimum absolute atomic E-state index is 0.772. The monoisotopic (exact) mass is 251 g/mol. The number of likely N-dealkylation sites (tertiary alicyclic amines) is 1. The average molecular weight is 251 g/mol. The van der Waals surface area contributed by atoms with Gasteiger partial charge >= 0.3 is 0 Å². The van der Waals surface area contributed by atoms with Gasteiger partial charge in [-0.2, -0.15) is 5.10 Å². The maximum atomic E-state index is 5.99. The average Bonchev–Trinajstić information content (AvgIpc) is 2.57. The Morgan fingerprint density at radius 2 is 1.89 bits per heavy atom. The van der Waals surface area contributed by atoms with Crippen LogP contribution in [0.25, 0.3) is 0 Å². The SMILES string of the molecule is Cc1nn(C)c(NCCN2CCCCCC2)c1N. The Morgan fingerprint density at radius 1 is 1.22 bits per heavy atom.